The van der Waals surface area contributed by atoms with Gasteiger partial charge >= 0.3 is 0 Å². The van der Waals surface area contributed by atoms with Crippen LogP contribution in [0.5, 0.6) is 0 Å². The molecule has 1 N–H and O–H groups in total. The summed E-state index contributed by atoms with van der Waals surface area (Å²) in [5, 5.41) is 8.14. The zero-order valence-electron chi connectivity index (χ0n) is 13.5. The molecule has 2 heteroatoms. The van der Waals surface area contributed by atoms with Crippen molar-refractivity contribution in [2.75, 3.05) is 6.54 Å². The molecule has 20 heavy (non-hydrogen) atoms. The monoisotopic (exact) mass is 295 g/mol. The highest BCUT2D eigenvalue weighted by Crippen LogP contribution is 2.14. The maximum atomic E-state index is 3.66. The molecule has 0 fully saturated rings. The summed E-state index contributed by atoms with van der Waals surface area (Å²) in [4.78, 5) is 0. The fraction of sp³-hybridized carbons (Fsp3) is 0.778. The van der Waals surface area contributed by atoms with Gasteiger partial charge in [0.15, 0.2) is 0 Å². The molecular formula is C18H33NS. The van der Waals surface area contributed by atoms with Gasteiger partial charge in [-0.2, -0.15) is 11.3 Å². The lowest BCUT2D eigenvalue weighted by molar-refractivity contribution is 0.438. The number of aryl methyl sites for hydroxylation is 1. The van der Waals surface area contributed by atoms with Crippen LogP contribution in [0.3, 0.4) is 0 Å². The molecule has 1 aromatic rings. The molecule has 1 rings (SSSR count). The Morgan fingerprint density at radius 3 is 2.40 bits per heavy atom. The van der Waals surface area contributed by atoms with Crippen LogP contribution < -0.4 is 5.32 Å². The predicted octanol–water partition coefficient (Wildman–Crippen LogP) is 5.80. The molecule has 0 saturated carbocycles. The van der Waals surface area contributed by atoms with Gasteiger partial charge in [0, 0.05) is 6.04 Å². The number of rotatable bonds is 13. The van der Waals surface area contributed by atoms with E-state index < -0.39 is 0 Å². The normalized spacial score (nSPS) is 12.7. The summed E-state index contributed by atoms with van der Waals surface area (Å²) in [6.07, 6.45) is 13.8. The smallest absolute Gasteiger partial charge is 0.00701 e. The van der Waals surface area contributed by atoms with Gasteiger partial charge in [-0.05, 0) is 48.2 Å². The van der Waals surface area contributed by atoms with E-state index in [4.69, 9.17) is 0 Å². The minimum atomic E-state index is 0.718. The molecule has 0 aliphatic rings. The molecule has 1 heterocycles. The van der Waals surface area contributed by atoms with Gasteiger partial charge in [0.05, 0.1) is 0 Å². The van der Waals surface area contributed by atoms with Crippen LogP contribution in [-0.2, 0) is 6.42 Å². The van der Waals surface area contributed by atoms with Crippen LogP contribution in [-0.4, -0.2) is 12.6 Å². The van der Waals surface area contributed by atoms with Gasteiger partial charge in [0.1, 0.15) is 0 Å². The van der Waals surface area contributed by atoms with Crippen molar-refractivity contribution in [3.8, 4) is 0 Å². The van der Waals surface area contributed by atoms with E-state index >= 15 is 0 Å². The van der Waals surface area contributed by atoms with Crippen molar-refractivity contribution in [2.24, 2.45) is 0 Å². The van der Waals surface area contributed by atoms with E-state index in [-0.39, 0.29) is 0 Å². The molecule has 116 valence electrons. The van der Waals surface area contributed by atoms with Crippen LogP contribution in [0.2, 0.25) is 0 Å². The van der Waals surface area contributed by atoms with Crippen LogP contribution in [0.1, 0.15) is 77.2 Å². The summed E-state index contributed by atoms with van der Waals surface area (Å²) >= 11 is 1.82. The third-order valence-electron chi connectivity index (χ3n) is 4.01. The Morgan fingerprint density at radius 1 is 1.00 bits per heavy atom. The summed E-state index contributed by atoms with van der Waals surface area (Å²) in [6, 6.07) is 2.98. The molecule has 0 aliphatic carbocycles. The highest BCUT2D eigenvalue weighted by atomic mass is 32.1. The number of unbranched alkanes of at least 4 members (excludes halogenated alkanes) is 6. The van der Waals surface area contributed by atoms with E-state index in [2.05, 4.69) is 36.0 Å². The maximum Gasteiger partial charge on any atom is 0.00701 e. The highest BCUT2D eigenvalue weighted by Gasteiger charge is 2.07. The van der Waals surface area contributed by atoms with Crippen LogP contribution >= 0.6 is 11.3 Å². The summed E-state index contributed by atoms with van der Waals surface area (Å²) in [7, 11) is 0. The van der Waals surface area contributed by atoms with Crippen molar-refractivity contribution < 1.29 is 0 Å². The summed E-state index contributed by atoms with van der Waals surface area (Å²) in [6.45, 7) is 5.61. The summed E-state index contributed by atoms with van der Waals surface area (Å²) in [5.74, 6) is 0. The second kappa shape index (κ2) is 12.4. The molecular weight excluding hydrogens is 262 g/mol. The molecule has 1 aromatic heterocycles. The van der Waals surface area contributed by atoms with E-state index in [9.17, 15) is 0 Å². The minimum Gasteiger partial charge on any atom is -0.314 e. The lowest BCUT2D eigenvalue weighted by atomic mass is 10.0. The fourth-order valence-corrected chi connectivity index (χ4v) is 3.46. The second-order valence-corrected chi connectivity index (χ2v) is 6.61. The van der Waals surface area contributed by atoms with Crippen LogP contribution in [0.15, 0.2) is 16.8 Å². The van der Waals surface area contributed by atoms with E-state index in [1.165, 1.54) is 69.8 Å². The molecule has 0 spiro atoms. The third-order valence-corrected chi connectivity index (χ3v) is 4.74. The molecule has 0 saturated heterocycles. The molecule has 1 nitrogen and oxygen atoms in total. The van der Waals surface area contributed by atoms with Crippen molar-refractivity contribution in [1.82, 2.24) is 5.32 Å². The largest absolute Gasteiger partial charge is 0.314 e. The summed E-state index contributed by atoms with van der Waals surface area (Å²) in [5.41, 5.74) is 1.51. The van der Waals surface area contributed by atoms with Gasteiger partial charge in [0.25, 0.3) is 0 Å². The minimum absolute atomic E-state index is 0.718. The van der Waals surface area contributed by atoms with Gasteiger partial charge in [-0.3, -0.25) is 0 Å². The first-order chi connectivity index (χ1) is 9.86. The zero-order chi connectivity index (χ0) is 14.5. The Morgan fingerprint density at radius 2 is 1.75 bits per heavy atom. The zero-order valence-corrected chi connectivity index (χ0v) is 14.3. The first-order valence-electron chi connectivity index (χ1n) is 8.61. The molecule has 1 unspecified atom stereocenters. The van der Waals surface area contributed by atoms with Crippen LogP contribution in [0.25, 0.3) is 0 Å². The van der Waals surface area contributed by atoms with E-state index in [0.717, 1.165) is 12.6 Å². The average Bonchev–Trinajstić information content (AvgIpc) is 2.97. The van der Waals surface area contributed by atoms with Gasteiger partial charge < -0.3 is 5.32 Å². The van der Waals surface area contributed by atoms with Gasteiger partial charge in [-0.25, -0.2) is 0 Å². The number of hydrogen-bond acceptors (Lipinski definition) is 2. The van der Waals surface area contributed by atoms with Gasteiger partial charge in [0.2, 0.25) is 0 Å². The van der Waals surface area contributed by atoms with Gasteiger partial charge in [-0.1, -0.05) is 58.8 Å². The van der Waals surface area contributed by atoms with E-state index in [1.807, 2.05) is 11.3 Å². The quantitative estimate of drug-likeness (QED) is 0.453. The fourth-order valence-electron chi connectivity index (χ4n) is 2.76. The second-order valence-electron chi connectivity index (χ2n) is 5.83. The first-order valence-corrected chi connectivity index (χ1v) is 9.55. The van der Waals surface area contributed by atoms with Crippen molar-refractivity contribution >= 4 is 11.3 Å². The molecule has 0 aliphatic heterocycles. The molecule has 1 atom stereocenters. The van der Waals surface area contributed by atoms with Crippen molar-refractivity contribution in [1.29, 1.82) is 0 Å². The standard InChI is InChI=1S/C18H33NS/c1-3-5-6-7-8-9-10-11-18(19-4-2)13-12-17-14-15-20-16-17/h14-16,18-19H,3-13H2,1-2H3. The number of hydrogen-bond donors (Lipinski definition) is 1. The Bertz CT molecular complexity index is 294. The van der Waals surface area contributed by atoms with E-state index in [0.29, 0.717) is 0 Å². The van der Waals surface area contributed by atoms with Crippen molar-refractivity contribution in [2.45, 2.75) is 84.1 Å². The number of thiophene rings is 1. The summed E-state index contributed by atoms with van der Waals surface area (Å²) < 4.78 is 0. The molecule has 0 bridgehead atoms. The Balaban J connectivity index is 2.06. The Hall–Kier alpha value is -0.340. The topological polar surface area (TPSA) is 12.0 Å². The molecule has 0 amide bonds. The maximum absolute atomic E-state index is 3.66. The van der Waals surface area contributed by atoms with Gasteiger partial charge in [-0.15, -0.1) is 0 Å². The van der Waals surface area contributed by atoms with E-state index in [1.54, 1.807) is 0 Å². The van der Waals surface area contributed by atoms with Crippen molar-refractivity contribution in [3.05, 3.63) is 22.4 Å². The van der Waals surface area contributed by atoms with Crippen molar-refractivity contribution in [3.63, 3.8) is 0 Å². The van der Waals surface area contributed by atoms with Crippen LogP contribution in [0, 0.1) is 0 Å². The van der Waals surface area contributed by atoms with Crippen LogP contribution in [0.4, 0.5) is 0 Å². The Kier molecular flexibility index (Phi) is 11.0. The lowest BCUT2D eigenvalue weighted by Crippen LogP contribution is -2.29. The SMILES string of the molecule is CCCCCCCCCC(CCc1ccsc1)NCC. The molecule has 0 radical (unpaired) electrons. The molecule has 0 aromatic carbocycles. The third kappa shape index (κ3) is 8.76. The average molecular weight is 296 g/mol. The Labute approximate surface area is 130 Å². The lowest BCUT2D eigenvalue weighted by Gasteiger charge is -2.17. The number of nitrogens with one attached hydrogen (secondary N) is 1. The highest BCUT2D eigenvalue weighted by molar-refractivity contribution is 7.07. The predicted molar refractivity (Wildman–Crippen MR) is 92.7 cm³/mol. The first kappa shape index (κ1) is 17.7.